The maximum absolute atomic E-state index is 4.94. The van der Waals surface area contributed by atoms with E-state index in [4.69, 9.17) is 9.97 Å². The molecule has 0 spiro atoms. The number of nitrogens with zero attached hydrogens (tertiary/aromatic N) is 3. The predicted molar refractivity (Wildman–Crippen MR) is 152 cm³/mol. The van der Waals surface area contributed by atoms with Gasteiger partial charge in [0.25, 0.3) is 0 Å². The maximum atomic E-state index is 4.94. The van der Waals surface area contributed by atoms with Crippen LogP contribution in [-0.2, 0) is 0 Å². The van der Waals surface area contributed by atoms with Gasteiger partial charge in [-0.15, -0.1) is 11.3 Å². The molecule has 0 aliphatic heterocycles. The van der Waals surface area contributed by atoms with Gasteiger partial charge >= 0.3 is 0 Å². The number of thiophene rings is 1. The van der Waals surface area contributed by atoms with Crippen LogP contribution in [-0.4, -0.2) is 14.5 Å². The summed E-state index contributed by atoms with van der Waals surface area (Å²) in [5, 5.41) is 7.61. The largest absolute Gasteiger partial charge is 0.292 e. The maximum Gasteiger partial charge on any atom is 0.156 e. The smallest absolute Gasteiger partial charge is 0.156 e. The van der Waals surface area contributed by atoms with Crippen molar-refractivity contribution in [3.8, 4) is 17.1 Å². The molecule has 0 fully saturated rings. The molecule has 36 heavy (non-hydrogen) atoms. The standard InChI is InChI=1S/C32H19N3S/c1-2-9-21(10-3-1)25-18-34-29(19-33-25)35-26-13-7-6-12-23(26)24-15-17-28-31(32(24)35)30-22-11-5-4-8-20(22)14-16-27(30)36-28/h1-19H. The van der Waals surface area contributed by atoms with Crippen molar-refractivity contribution in [2.75, 3.05) is 0 Å². The van der Waals surface area contributed by atoms with Crippen LogP contribution in [0.2, 0.25) is 0 Å². The molecule has 0 saturated carbocycles. The molecular weight excluding hydrogens is 458 g/mol. The summed E-state index contributed by atoms with van der Waals surface area (Å²) in [6.07, 6.45) is 3.78. The fraction of sp³-hybridized carbons (Fsp3) is 0. The van der Waals surface area contributed by atoms with Gasteiger partial charge in [-0.05, 0) is 29.0 Å². The molecule has 168 valence electrons. The highest BCUT2D eigenvalue weighted by Gasteiger charge is 2.19. The van der Waals surface area contributed by atoms with Crippen molar-refractivity contribution in [2.24, 2.45) is 0 Å². The lowest BCUT2D eigenvalue weighted by Gasteiger charge is -2.09. The third-order valence-corrected chi connectivity index (χ3v) is 8.22. The fourth-order valence-corrected chi connectivity index (χ4v) is 6.64. The molecule has 5 aromatic carbocycles. The second-order valence-corrected chi connectivity index (χ2v) is 10.2. The summed E-state index contributed by atoms with van der Waals surface area (Å²) >= 11 is 1.86. The minimum atomic E-state index is 0.827. The Morgan fingerprint density at radius 3 is 2.17 bits per heavy atom. The Morgan fingerprint density at radius 2 is 1.31 bits per heavy atom. The molecule has 4 heteroatoms. The summed E-state index contributed by atoms with van der Waals surface area (Å²) in [4.78, 5) is 9.75. The molecule has 3 nitrogen and oxygen atoms in total. The molecule has 0 N–H and O–H groups in total. The highest BCUT2D eigenvalue weighted by atomic mass is 32.1. The summed E-state index contributed by atoms with van der Waals surface area (Å²) < 4.78 is 4.88. The highest BCUT2D eigenvalue weighted by Crippen LogP contribution is 2.44. The van der Waals surface area contributed by atoms with Crippen LogP contribution < -0.4 is 0 Å². The van der Waals surface area contributed by atoms with Gasteiger partial charge in [-0.3, -0.25) is 9.55 Å². The average molecular weight is 478 g/mol. The number of rotatable bonds is 2. The highest BCUT2D eigenvalue weighted by molar-refractivity contribution is 7.26. The Hall–Kier alpha value is -4.54. The van der Waals surface area contributed by atoms with Crippen molar-refractivity contribution in [1.82, 2.24) is 14.5 Å². The summed E-state index contributed by atoms with van der Waals surface area (Å²) in [5.41, 5.74) is 4.27. The van der Waals surface area contributed by atoms with Crippen LogP contribution in [0.25, 0.3) is 69.8 Å². The van der Waals surface area contributed by atoms with Crippen molar-refractivity contribution in [1.29, 1.82) is 0 Å². The number of aromatic nitrogens is 3. The second-order valence-electron chi connectivity index (χ2n) is 9.08. The lowest BCUT2D eigenvalue weighted by molar-refractivity contribution is 1.05. The zero-order chi connectivity index (χ0) is 23.6. The van der Waals surface area contributed by atoms with Crippen molar-refractivity contribution >= 4 is 64.1 Å². The lowest BCUT2D eigenvalue weighted by Crippen LogP contribution is -1.99. The van der Waals surface area contributed by atoms with Gasteiger partial charge < -0.3 is 0 Å². The molecule has 3 aromatic heterocycles. The van der Waals surface area contributed by atoms with Crippen LogP contribution in [0.3, 0.4) is 0 Å². The minimum Gasteiger partial charge on any atom is -0.292 e. The van der Waals surface area contributed by atoms with E-state index in [1.807, 2.05) is 41.9 Å². The van der Waals surface area contributed by atoms with Crippen LogP contribution in [0, 0.1) is 0 Å². The third-order valence-electron chi connectivity index (χ3n) is 7.10. The van der Waals surface area contributed by atoms with Gasteiger partial charge in [0.1, 0.15) is 0 Å². The summed E-state index contributed by atoms with van der Waals surface area (Å²) in [6, 6.07) is 36.5. The topological polar surface area (TPSA) is 30.7 Å². The number of hydrogen-bond donors (Lipinski definition) is 0. The van der Waals surface area contributed by atoms with Crippen molar-refractivity contribution < 1.29 is 0 Å². The SMILES string of the molecule is c1ccc(-c2cnc(-n3c4ccccc4c4ccc5sc6ccc7ccccc7c6c5c43)cn2)cc1. The van der Waals surface area contributed by atoms with E-state index in [2.05, 4.69) is 89.5 Å². The van der Waals surface area contributed by atoms with Gasteiger partial charge in [-0.2, -0.15) is 0 Å². The molecular formula is C32H19N3S. The van der Waals surface area contributed by atoms with Gasteiger partial charge in [0.05, 0.1) is 29.1 Å². The van der Waals surface area contributed by atoms with Crippen LogP contribution in [0.4, 0.5) is 0 Å². The molecule has 3 heterocycles. The Kier molecular flexibility index (Phi) is 4.10. The molecule has 0 aliphatic rings. The molecule has 0 amide bonds. The number of para-hydroxylation sites is 1. The van der Waals surface area contributed by atoms with Crippen LogP contribution in [0.1, 0.15) is 0 Å². The Balaban J connectivity index is 1.52. The zero-order valence-corrected chi connectivity index (χ0v) is 20.0. The van der Waals surface area contributed by atoms with E-state index in [9.17, 15) is 0 Å². The molecule has 0 radical (unpaired) electrons. The molecule has 8 rings (SSSR count). The van der Waals surface area contributed by atoms with Gasteiger partial charge in [0, 0.05) is 36.5 Å². The van der Waals surface area contributed by atoms with E-state index in [-0.39, 0.29) is 0 Å². The fourth-order valence-electron chi connectivity index (χ4n) is 5.51. The van der Waals surface area contributed by atoms with E-state index < -0.39 is 0 Å². The number of hydrogen-bond acceptors (Lipinski definition) is 3. The first-order valence-electron chi connectivity index (χ1n) is 12.0. The quantitative estimate of drug-likeness (QED) is 0.249. The molecule has 0 aliphatic carbocycles. The Morgan fingerprint density at radius 1 is 0.556 bits per heavy atom. The first-order valence-corrected chi connectivity index (χ1v) is 12.8. The van der Waals surface area contributed by atoms with Crippen LogP contribution in [0.5, 0.6) is 0 Å². The van der Waals surface area contributed by atoms with Crippen LogP contribution in [0.15, 0.2) is 116 Å². The summed E-state index contributed by atoms with van der Waals surface area (Å²) in [6.45, 7) is 0. The second kappa shape index (κ2) is 7.48. The normalized spacial score (nSPS) is 11.9. The summed E-state index contributed by atoms with van der Waals surface area (Å²) in [5.74, 6) is 0.827. The van der Waals surface area contributed by atoms with Gasteiger partial charge in [0.2, 0.25) is 0 Å². The van der Waals surface area contributed by atoms with Gasteiger partial charge in [0.15, 0.2) is 5.82 Å². The minimum absolute atomic E-state index is 0.827. The predicted octanol–water partition coefficient (Wildman–Crippen LogP) is 8.76. The van der Waals surface area contributed by atoms with E-state index in [1.165, 1.54) is 47.2 Å². The number of fused-ring (bicyclic) bond motifs is 9. The van der Waals surface area contributed by atoms with E-state index >= 15 is 0 Å². The zero-order valence-electron chi connectivity index (χ0n) is 19.2. The van der Waals surface area contributed by atoms with Gasteiger partial charge in [-0.25, -0.2) is 4.98 Å². The molecule has 0 bridgehead atoms. The molecule has 0 unspecified atom stereocenters. The monoisotopic (exact) mass is 477 g/mol. The van der Waals surface area contributed by atoms with Crippen LogP contribution >= 0.6 is 11.3 Å². The first kappa shape index (κ1) is 19.7. The average Bonchev–Trinajstić information content (AvgIpc) is 3.50. The third kappa shape index (κ3) is 2.73. The van der Waals surface area contributed by atoms with Crippen molar-refractivity contribution in [2.45, 2.75) is 0 Å². The van der Waals surface area contributed by atoms with Crippen molar-refractivity contribution in [3.63, 3.8) is 0 Å². The number of benzene rings is 5. The van der Waals surface area contributed by atoms with E-state index in [0.29, 0.717) is 0 Å². The first-order chi connectivity index (χ1) is 17.9. The summed E-state index contributed by atoms with van der Waals surface area (Å²) in [7, 11) is 0. The van der Waals surface area contributed by atoms with Gasteiger partial charge in [-0.1, -0.05) is 84.9 Å². The Labute approximate surface area is 210 Å². The molecule has 8 aromatic rings. The van der Waals surface area contributed by atoms with Crippen molar-refractivity contribution in [3.05, 3.63) is 116 Å². The molecule has 0 saturated heterocycles. The lowest BCUT2D eigenvalue weighted by atomic mass is 10.0. The molecule has 0 atom stereocenters. The Bertz CT molecular complexity index is 2080. The van der Waals surface area contributed by atoms with E-state index in [0.717, 1.165) is 22.6 Å². The van der Waals surface area contributed by atoms with E-state index in [1.54, 1.807) is 0 Å².